The highest BCUT2D eigenvalue weighted by Gasteiger charge is 2.25. The molecule has 26 heavy (non-hydrogen) atoms. The Hall–Kier alpha value is -2.38. The van der Waals surface area contributed by atoms with Gasteiger partial charge in [-0.15, -0.1) is 0 Å². The number of hydrogen-bond acceptors (Lipinski definition) is 3. The van der Waals surface area contributed by atoms with Crippen molar-refractivity contribution in [3.8, 4) is 0 Å². The summed E-state index contributed by atoms with van der Waals surface area (Å²) in [5, 5.41) is 0.694. The summed E-state index contributed by atoms with van der Waals surface area (Å²) in [4.78, 5) is 22.6. The number of halogens is 2. The van der Waals surface area contributed by atoms with Crippen LogP contribution in [0.1, 0.15) is 10.4 Å². The first-order valence-corrected chi connectivity index (χ1v) is 9.02. The first kappa shape index (κ1) is 17.1. The maximum Gasteiger partial charge on any atom is 0.256 e. The molecule has 0 radical (unpaired) electrons. The zero-order valence-electron chi connectivity index (χ0n) is 13.8. The standard InChI is InChI=1S/C18H16ClFN4OS/c19-13-3-1-2-4-15(13)23-5-7-24(8-6-23)17(25)12-9-11(20)10-14-16(12)22-18(26)21-14/h1-4,9-10H,5-8H2,(H2,21,22,26). The number of H-pyrrole nitrogens is 2. The number of carbonyl (C=O) groups is 1. The molecular formula is C18H16ClFN4OS. The molecule has 134 valence electrons. The van der Waals surface area contributed by atoms with E-state index in [0.717, 1.165) is 5.69 Å². The zero-order chi connectivity index (χ0) is 18.3. The van der Waals surface area contributed by atoms with Crippen LogP contribution in [-0.4, -0.2) is 47.0 Å². The van der Waals surface area contributed by atoms with Crippen LogP contribution in [0, 0.1) is 10.6 Å². The third-order valence-corrected chi connectivity index (χ3v) is 5.10. The number of fused-ring (bicyclic) bond motifs is 1. The van der Waals surface area contributed by atoms with E-state index in [-0.39, 0.29) is 5.91 Å². The lowest BCUT2D eigenvalue weighted by atomic mass is 10.1. The van der Waals surface area contributed by atoms with Gasteiger partial charge in [-0.3, -0.25) is 4.79 Å². The van der Waals surface area contributed by atoms with Crippen molar-refractivity contribution >= 4 is 46.4 Å². The number of nitrogens with one attached hydrogen (secondary N) is 2. The van der Waals surface area contributed by atoms with Gasteiger partial charge in [-0.05, 0) is 36.5 Å². The molecule has 8 heteroatoms. The molecular weight excluding hydrogens is 375 g/mol. The van der Waals surface area contributed by atoms with Gasteiger partial charge in [0.05, 0.1) is 27.3 Å². The maximum absolute atomic E-state index is 13.9. The van der Waals surface area contributed by atoms with Gasteiger partial charge in [0.15, 0.2) is 4.77 Å². The summed E-state index contributed by atoms with van der Waals surface area (Å²) >= 11 is 11.3. The number of piperazine rings is 1. The number of aromatic amines is 2. The zero-order valence-corrected chi connectivity index (χ0v) is 15.3. The van der Waals surface area contributed by atoms with Crippen molar-refractivity contribution in [2.45, 2.75) is 0 Å². The number of anilines is 1. The van der Waals surface area contributed by atoms with Crippen LogP contribution in [0.4, 0.5) is 10.1 Å². The lowest BCUT2D eigenvalue weighted by Gasteiger charge is -2.36. The Balaban J connectivity index is 1.56. The molecule has 1 saturated heterocycles. The average Bonchev–Trinajstić information content (AvgIpc) is 3.01. The summed E-state index contributed by atoms with van der Waals surface area (Å²) in [5.74, 6) is -0.681. The minimum atomic E-state index is -0.471. The third-order valence-electron chi connectivity index (χ3n) is 4.58. The molecule has 1 aromatic heterocycles. The second-order valence-electron chi connectivity index (χ2n) is 6.19. The minimum Gasteiger partial charge on any atom is -0.367 e. The molecule has 2 aromatic carbocycles. The van der Waals surface area contributed by atoms with Gasteiger partial charge in [0.2, 0.25) is 0 Å². The van der Waals surface area contributed by atoms with Crippen molar-refractivity contribution in [2.24, 2.45) is 0 Å². The quantitative estimate of drug-likeness (QED) is 0.651. The van der Waals surface area contributed by atoms with Gasteiger partial charge in [0.25, 0.3) is 5.91 Å². The van der Waals surface area contributed by atoms with Crippen molar-refractivity contribution < 1.29 is 9.18 Å². The number of benzene rings is 2. The third kappa shape index (κ3) is 3.08. The van der Waals surface area contributed by atoms with Crippen molar-refractivity contribution in [2.75, 3.05) is 31.1 Å². The summed E-state index contributed by atoms with van der Waals surface area (Å²) in [7, 11) is 0. The molecule has 0 spiro atoms. The second-order valence-corrected chi connectivity index (χ2v) is 7.00. The molecule has 1 amide bonds. The SMILES string of the molecule is O=C(c1cc(F)cc2[nH]c(=S)[nH]c12)N1CCN(c2ccccc2Cl)CC1. The van der Waals surface area contributed by atoms with Gasteiger partial charge >= 0.3 is 0 Å². The topological polar surface area (TPSA) is 55.1 Å². The Morgan fingerprint density at radius 3 is 2.58 bits per heavy atom. The number of para-hydroxylation sites is 1. The van der Waals surface area contributed by atoms with E-state index in [4.69, 9.17) is 23.8 Å². The Morgan fingerprint density at radius 1 is 1.12 bits per heavy atom. The van der Waals surface area contributed by atoms with E-state index in [2.05, 4.69) is 14.9 Å². The Morgan fingerprint density at radius 2 is 1.85 bits per heavy atom. The summed E-state index contributed by atoms with van der Waals surface area (Å²) in [5.41, 5.74) is 2.28. The predicted octanol–water partition coefficient (Wildman–Crippen LogP) is 3.98. The van der Waals surface area contributed by atoms with Crippen LogP contribution in [0.25, 0.3) is 11.0 Å². The smallest absolute Gasteiger partial charge is 0.256 e. The molecule has 5 nitrogen and oxygen atoms in total. The van der Waals surface area contributed by atoms with Crippen LogP contribution < -0.4 is 4.90 Å². The minimum absolute atomic E-state index is 0.210. The number of nitrogens with zero attached hydrogens (tertiary/aromatic N) is 2. The molecule has 3 aromatic rings. The highest BCUT2D eigenvalue weighted by molar-refractivity contribution is 7.71. The highest BCUT2D eigenvalue weighted by Crippen LogP contribution is 2.27. The largest absolute Gasteiger partial charge is 0.367 e. The number of imidazole rings is 1. The molecule has 2 heterocycles. The normalized spacial score (nSPS) is 14.8. The van der Waals surface area contributed by atoms with Crippen LogP contribution in [0.2, 0.25) is 5.02 Å². The number of hydrogen-bond donors (Lipinski definition) is 2. The van der Waals surface area contributed by atoms with Crippen molar-refractivity contribution in [3.05, 3.63) is 57.6 Å². The lowest BCUT2D eigenvalue weighted by Crippen LogP contribution is -2.49. The monoisotopic (exact) mass is 390 g/mol. The fraction of sp³-hybridized carbons (Fsp3) is 0.222. The van der Waals surface area contributed by atoms with Gasteiger partial charge in [0.1, 0.15) is 5.82 Å². The summed E-state index contributed by atoms with van der Waals surface area (Å²) in [6.07, 6.45) is 0. The second kappa shape index (κ2) is 6.74. The van der Waals surface area contributed by atoms with Crippen LogP contribution in [0.5, 0.6) is 0 Å². The molecule has 0 atom stereocenters. The first-order chi connectivity index (χ1) is 12.5. The van der Waals surface area contributed by atoms with Crippen molar-refractivity contribution in [1.82, 2.24) is 14.9 Å². The van der Waals surface area contributed by atoms with E-state index in [1.54, 1.807) is 4.90 Å². The molecule has 4 rings (SSSR count). The van der Waals surface area contributed by atoms with Gasteiger partial charge in [0, 0.05) is 26.2 Å². The summed E-state index contributed by atoms with van der Waals surface area (Å²) in [6, 6.07) is 10.2. The van der Waals surface area contributed by atoms with Crippen molar-refractivity contribution in [1.29, 1.82) is 0 Å². The fourth-order valence-corrected chi connectivity index (χ4v) is 3.77. The van der Waals surface area contributed by atoms with Crippen LogP contribution in [0.15, 0.2) is 36.4 Å². The number of rotatable bonds is 2. The van der Waals surface area contributed by atoms with E-state index in [1.807, 2.05) is 24.3 Å². The maximum atomic E-state index is 13.9. The first-order valence-electron chi connectivity index (χ1n) is 8.23. The van der Waals surface area contributed by atoms with Gasteiger partial charge < -0.3 is 19.8 Å². The van der Waals surface area contributed by atoms with E-state index in [9.17, 15) is 9.18 Å². The number of carbonyl (C=O) groups excluding carboxylic acids is 1. The molecule has 0 bridgehead atoms. The molecule has 1 aliphatic heterocycles. The van der Waals surface area contributed by atoms with Crippen LogP contribution >= 0.6 is 23.8 Å². The fourth-order valence-electron chi connectivity index (χ4n) is 3.30. The van der Waals surface area contributed by atoms with E-state index in [1.165, 1.54) is 12.1 Å². The molecule has 1 fully saturated rings. The molecule has 0 aliphatic carbocycles. The van der Waals surface area contributed by atoms with Crippen LogP contribution in [-0.2, 0) is 0 Å². The van der Waals surface area contributed by atoms with E-state index in [0.29, 0.717) is 52.6 Å². The van der Waals surface area contributed by atoms with Gasteiger partial charge in [-0.2, -0.15) is 0 Å². The van der Waals surface area contributed by atoms with E-state index >= 15 is 0 Å². The summed E-state index contributed by atoms with van der Waals surface area (Å²) in [6.45, 7) is 2.40. The molecule has 2 N–H and O–H groups in total. The van der Waals surface area contributed by atoms with E-state index < -0.39 is 5.82 Å². The Labute approximate surface area is 159 Å². The average molecular weight is 391 g/mol. The van der Waals surface area contributed by atoms with Gasteiger partial charge in [-0.1, -0.05) is 23.7 Å². The predicted molar refractivity (Wildman–Crippen MR) is 103 cm³/mol. The molecule has 1 aliphatic rings. The number of aromatic nitrogens is 2. The van der Waals surface area contributed by atoms with Crippen molar-refractivity contribution in [3.63, 3.8) is 0 Å². The molecule has 0 unspecified atom stereocenters. The lowest BCUT2D eigenvalue weighted by molar-refractivity contribution is 0.0748. The molecule has 0 saturated carbocycles. The Kier molecular flexibility index (Phi) is 4.42. The van der Waals surface area contributed by atoms with Crippen LogP contribution in [0.3, 0.4) is 0 Å². The summed E-state index contributed by atoms with van der Waals surface area (Å²) < 4.78 is 14.3. The Bertz CT molecular complexity index is 1040. The number of amides is 1. The van der Waals surface area contributed by atoms with Gasteiger partial charge in [-0.25, -0.2) is 4.39 Å². The highest BCUT2D eigenvalue weighted by atomic mass is 35.5.